The number of hydrogen-bond acceptors (Lipinski definition) is 0. The molecule has 138 valence electrons. The number of benzene rings is 4. The van der Waals surface area contributed by atoms with Crippen molar-refractivity contribution in [3.05, 3.63) is 121 Å². The van der Waals surface area contributed by atoms with Crippen LogP contribution in [0.1, 0.15) is 0 Å². The molecule has 0 fully saturated rings. The van der Waals surface area contributed by atoms with Crippen molar-refractivity contribution in [3.8, 4) is 0 Å². The molecule has 0 amide bonds. The maximum Gasteiger partial charge on any atom is -0.0134 e. The van der Waals surface area contributed by atoms with E-state index in [1.807, 2.05) is 30.3 Å². The van der Waals surface area contributed by atoms with Crippen molar-refractivity contribution in [2.45, 2.75) is 0 Å². The quantitative estimate of drug-likeness (QED) is 0.314. The third kappa shape index (κ3) is 6.05. The molecule has 0 aliphatic rings. The van der Waals surface area contributed by atoms with E-state index >= 15 is 0 Å². The van der Waals surface area contributed by atoms with E-state index in [-0.39, 0.29) is 0 Å². The van der Waals surface area contributed by atoms with Crippen molar-refractivity contribution in [1.82, 2.24) is 0 Å². The number of hydrogen-bond donors (Lipinski definition) is 0. The maximum absolute atomic E-state index is 5.46. The van der Waals surface area contributed by atoms with E-state index < -0.39 is 7.92 Å². The van der Waals surface area contributed by atoms with Gasteiger partial charge in [-0.1, -0.05) is 91.0 Å². The Morgan fingerprint density at radius 3 is 1.00 bits per heavy atom. The summed E-state index contributed by atoms with van der Waals surface area (Å²) in [6.45, 7) is 0. The second-order valence-corrected chi connectivity index (χ2v) is 9.13. The Morgan fingerprint density at radius 2 is 0.741 bits per heavy atom. The predicted molar refractivity (Wildman–Crippen MR) is 117 cm³/mol. The van der Waals surface area contributed by atoms with Crippen molar-refractivity contribution in [3.63, 3.8) is 0 Å². The molecule has 0 heterocycles. The minimum absolute atomic E-state index is 0.446. The minimum Gasteiger partial charge on any atom is -0.0622 e. The van der Waals surface area contributed by atoms with Crippen LogP contribution in [-0.4, -0.2) is 0 Å². The molecule has 0 N–H and O–H groups in total. The van der Waals surface area contributed by atoms with Gasteiger partial charge in [0, 0.05) is 0 Å². The standard InChI is InChI=1S/C18H15P.C6H5.ClH.Ni/c1-4-10-16(11-5-1)19(17-12-6-2-7-13-17)18-14-8-3-9-15-18;1-2-4-6-5-3-1;;/h1-15H;1-5H;1H;/q;;;+1/p-1. The molecule has 0 radical (unpaired) electrons. The van der Waals surface area contributed by atoms with Gasteiger partial charge < -0.3 is 0 Å². The summed E-state index contributed by atoms with van der Waals surface area (Å²) >= 11 is 1.08. The summed E-state index contributed by atoms with van der Waals surface area (Å²) in [6.07, 6.45) is 0. The van der Waals surface area contributed by atoms with Crippen LogP contribution >= 0.6 is 18.1 Å². The average molecular weight is 434 g/mol. The summed E-state index contributed by atoms with van der Waals surface area (Å²) in [4.78, 5) is 0. The maximum atomic E-state index is 5.46. The van der Waals surface area contributed by atoms with E-state index in [0.29, 0.717) is 0 Å². The molecule has 0 spiro atoms. The summed E-state index contributed by atoms with van der Waals surface area (Å²) < 4.78 is 1.11. The fourth-order valence-electron chi connectivity index (χ4n) is 2.62. The summed E-state index contributed by atoms with van der Waals surface area (Å²) in [5.74, 6) is 0. The van der Waals surface area contributed by atoms with E-state index in [1.165, 1.54) is 15.9 Å². The molecule has 0 nitrogen and oxygen atoms in total. The van der Waals surface area contributed by atoms with Crippen molar-refractivity contribution >= 4 is 38.6 Å². The Kier molecular flexibility index (Phi) is 8.12. The Labute approximate surface area is 173 Å². The van der Waals surface area contributed by atoms with E-state index in [4.69, 9.17) is 10.2 Å². The molecule has 0 aromatic heterocycles. The van der Waals surface area contributed by atoms with Crippen LogP contribution in [-0.2, 0) is 13.5 Å². The van der Waals surface area contributed by atoms with Crippen LogP contribution in [0.15, 0.2) is 121 Å². The first-order valence-electron chi connectivity index (χ1n) is 8.59. The van der Waals surface area contributed by atoms with Gasteiger partial charge in [-0.15, -0.1) is 0 Å². The van der Waals surface area contributed by atoms with Crippen molar-refractivity contribution in [1.29, 1.82) is 0 Å². The van der Waals surface area contributed by atoms with Gasteiger partial charge >= 0.3 is 58.6 Å². The first kappa shape index (κ1) is 19.8. The van der Waals surface area contributed by atoms with Gasteiger partial charge in [0.05, 0.1) is 0 Å². The average Bonchev–Trinajstić information content (AvgIpc) is 2.77. The van der Waals surface area contributed by atoms with Crippen molar-refractivity contribution < 1.29 is 13.5 Å². The molecule has 0 unspecified atom stereocenters. The van der Waals surface area contributed by atoms with Crippen LogP contribution in [0, 0.1) is 0 Å². The van der Waals surface area contributed by atoms with Gasteiger partial charge in [-0.3, -0.25) is 0 Å². The van der Waals surface area contributed by atoms with Crippen LogP contribution in [0.2, 0.25) is 0 Å². The smallest absolute Gasteiger partial charge is 0.0134 e. The zero-order valence-electron chi connectivity index (χ0n) is 14.7. The molecule has 0 aliphatic carbocycles. The summed E-state index contributed by atoms with van der Waals surface area (Å²) in [5, 5.41) is 4.19. The van der Waals surface area contributed by atoms with Gasteiger partial charge in [-0.05, 0) is 23.8 Å². The Bertz CT molecular complexity index is 806. The second kappa shape index (κ2) is 11.1. The van der Waals surface area contributed by atoms with Crippen LogP contribution in [0.4, 0.5) is 0 Å². The number of halogens is 1. The molecule has 0 saturated heterocycles. The molecule has 4 aromatic carbocycles. The Hall–Kier alpha value is -1.91. The fourth-order valence-corrected chi connectivity index (χ4v) is 5.57. The van der Waals surface area contributed by atoms with Crippen LogP contribution in [0.25, 0.3) is 0 Å². The zero-order chi connectivity index (χ0) is 18.7. The Balaban J connectivity index is 0.000000221. The fraction of sp³-hybridized carbons (Fsp3) is 0. The van der Waals surface area contributed by atoms with Gasteiger partial charge in [0.2, 0.25) is 0 Å². The number of rotatable bonds is 4. The third-order valence-electron chi connectivity index (χ3n) is 3.82. The molecule has 4 rings (SSSR count). The van der Waals surface area contributed by atoms with Crippen LogP contribution in [0.5, 0.6) is 0 Å². The normalized spacial score (nSPS) is 10.3. The molecular formula is C24H20ClNiP. The zero-order valence-corrected chi connectivity index (χ0v) is 17.3. The second-order valence-electron chi connectivity index (χ2n) is 5.66. The molecule has 0 atom stereocenters. The molecule has 4 aromatic rings. The molecular weight excluding hydrogens is 413 g/mol. The molecule has 3 heteroatoms. The molecule has 0 bridgehead atoms. The van der Waals surface area contributed by atoms with Gasteiger partial charge in [0.25, 0.3) is 0 Å². The summed E-state index contributed by atoms with van der Waals surface area (Å²) in [7, 11) is 5.02. The molecule has 0 aliphatic heterocycles. The van der Waals surface area contributed by atoms with Crippen molar-refractivity contribution in [2.24, 2.45) is 0 Å². The molecule has 27 heavy (non-hydrogen) atoms. The van der Waals surface area contributed by atoms with Gasteiger partial charge in [0.1, 0.15) is 0 Å². The first-order valence-corrected chi connectivity index (χ1v) is 11.8. The van der Waals surface area contributed by atoms with E-state index in [0.717, 1.165) is 18.1 Å². The minimum atomic E-state index is -0.446. The van der Waals surface area contributed by atoms with E-state index in [2.05, 4.69) is 91.0 Å². The third-order valence-corrected chi connectivity index (χ3v) is 7.38. The first-order chi connectivity index (χ1) is 13.4. The van der Waals surface area contributed by atoms with Gasteiger partial charge in [-0.25, -0.2) is 0 Å². The predicted octanol–water partition coefficient (Wildman–Crippen LogP) is 4.99. The summed E-state index contributed by atoms with van der Waals surface area (Å²) in [6, 6.07) is 42.2. The van der Waals surface area contributed by atoms with Gasteiger partial charge in [-0.2, -0.15) is 0 Å². The van der Waals surface area contributed by atoms with E-state index in [9.17, 15) is 0 Å². The monoisotopic (exact) mass is 432 g/mol. The van der Waals surface area contributed by atoms with Gasteiger partial charge in [0.15, 0.2) is 0 Å². The van der Waals surface area contributed by atoms with Crippen LogP contribution in [0.3, 0.4) is 0 Å². The largest absolute Gasteiger partial charge is 0.0622 e. The van der Waals surface area contributed by atoms with Crippen molar-refractivity contribution in [2.75, 3.05) is 0 Å². The summed E-state index contributed by atoms with van der Waals surface area (Å²) in [5.41, 5.74) is 0. The SMILES string of the molecule is [Cl][Ni][c]1ccccc1.c1ccc(P(c2ccccc2)c2ccccc2)cc1. The van der Waals surface area contributed by atoms with Crippen LogP contribution < -0.4 is 20.4 Å². The topological polar surface area (TPSA) is 0 Å². The Morgan fingerprint density at radius 1 is 0.444 bits per heavy atom. The molecule has 0 saturated carbocycles. The van der Waals surface area contributed by atoms with E-state index in [1.54, 1.807) is 0 Å².